The van der Waals surface area contributed by atoms with Crippen LogP contribution >= 0.6 is 34.8 Å². The van der Waals surface area contributed by atoms with E-state index >= 15 is 0 Å². The fourth-order valence-electron chi connectivity index (χ4n) is 1.93. The van der Waals surface area contributed by atoms with Crippen LogP contribution in [0.5, 0.6) is 11.5 Å². The van der Waals surface area contributed by atoms with Crippen LogP contribution in [0.25, 0.3) is 11.0 Å². The lowest BCUT2D eigenvalue weighted by atomic mass is 10.2. The average molecular weight is 408 g/mol. The largest absolute Gasteiger partial charge is 0.456 e. The summed E-state index contributed by atoms with van der Waals surface area (Å²) in [4.78, 5) is 0. The zero-order valence-corrected chi connectivity index (χ0v) is 15.1. The lowest BCUT2D eigenvalue weighted by Gasteiger charge is -2.08. The molecule has 1 N–H and O–H groups in total. The third-order valence-corrected chi connectivity index (χ3v) is 4.52. The van der Waals surface area contributed by atoms with E-state index in [1.54, 1.807) is 18.2 Å². The van der Waals surface area contributed by atoms with Gasteiger partial charge in [-0.3, -0.25) is 4.72 Å². The van der Waals surface area contributed by atoms with Gasteiger partial charge in [0.1, 0.15) is 11.5 Å². The maximum Gasteiger partial charge on any atom is 0.231 e. The molecular weight excluding hydrogens is 399 g/mol. The lowest BCUT2D eigenvalue weighted by molar-refractivity contribution is 0.454. The molecule has 0 atom stereocenters. The summed E-state index contributed by atoms with van der Waals surface area (Å²) in [6, 6.07) is 7.76. The highest BCUT2D eigenvalue weighted by molar-refractivity contribution is 7.92. The van der Waals surface area contributed by atoms with Gasteiger partial charge in [-0.05, 0) is 18.2 Å². The van der Waals surface area contributed by atoms with Crippen molar-refractivity contribution in [2.45, 2.75) is 0 Å². The van der Waals surface area contributed by atoms with Crippen molar-refractivity contribution in [1.82, 2.24) is 5.16 Å². The van der Waals surface area contributed by atoms with E-state index < -0.39 is 10.0 Å². The van der Waals surface area contributed by atoms with Crippen LogP contribution in [0.3, 0.4) is 0 Å². The van der Waals surface area contributed by atoms with Crippen LogP contribution in [-0.2, 0) is 10.0 Å². The Kier molecular flexibility index (Phi) is 4.52. The van der Waals surface area contributed by atoms with Crippen molar-refractivity contribution in [2.24, 2.45) is 0 Å². The topological polar surface area (TPSA) is 81.4 Å². The predicted octanol–water partition coefficient (Wildman–Crippen LogP) is 4.95. The summed E-state index contributed by atoms with van der Waals surface area (Å²) in [7, 11) is -3.49. The maximum absolute atomic E-state index is 11.3. The van der Waals surface area contributed by atoms with E-state index in [0.717, 1.165) is 6.26 Å². The minimum Gasteiger partial charge on any atom is -0.456 e. The minimum absolute atomic E-state index is 0.0514. The van der Waals surface area contributed by atoms with Crippen molar-refractivity contribution in [3.05, 3.63) is 45.4 Å². The van der Waals surface area contributed by atoms with Crippen LogP contribution < -0.4 is 9.46 Å². The van der Waals surface area contributed by atoms with E-state index in [4.69, 9.17) is 44.1 Å². The van der Waals surface area contributed by atoms with Crippen molar-refractivity contribution < 1.29 is 17.7 Å². The van der Waals surface area contributed by atoms with Gasteiger partial charge in [-0.1, -0.05) is 40.0 Å². The van der Waals surface area contributed by atoms with Gasteiger partial charge in [0.15, 0.2) is 11.4 Å². The highest BCUT2D eigenvalue weighted by atomic mass is 35.5. The molecule has 24 heavy (non-hydrogen) atoms. The van der Waals surface area contributed by atoms with Gasteiger partial charge < -0.3 is 9.26 Å². The van der Waals surface area contributed by atoms with E-state index in [0.29, 0.717) is 32.5 Å². The van der Waals surface area contributed by atoms with Gasteiger partial charge in [0.2, 0.25) is 10.0 Å². The number of rotatable bonds is 4. The van der Waals surface area contributed by atoms with E-state index in [9.17, 15) is 8.42 Å². The highest BCUT2D eigenvalue weighted by Gasteiger charge is 2.16. The maximum atomic E-state index is 11.3. The molecule has 0 radical (unpaired) electrons. The van der Waals surface area contributed by atoms with Gasteiger partial charge in [-0.2, -0.15) is 0 Å². The Balaban J connectivity index is 1.98. The van der Waals surface area contributed by atoms with E-state index in [2.05, 4.69) is 9.88 Å². The van der Waals surface area contributed by atoms with Gasteiger partial charge in [0.05, 0.1) is 26.7 Å². The van der Waals surface area contributed by atoms with E-state index in [-0.39, 0.29) is 10.8 Å². The molecule has 126 valence electrons. The number of benzene rings is 2. The number of nitrogens with zero attached hydrogens (tertiary/aromatic N) is 1. The molecule has 0 amide bonds. The second kappa shape index (κ2) is 6.33. The third-order valence-electron chi connectivity index (χ3n) is 2.93. The molecule has 0 spiro atoms. The predicted molar refractivity (Wildman–Crippen MR) is 94.0 cm³/mol. The number of hydrogen-bond acceptors (Lipinski definition) is 5. The highest BCUT2D eigenvalue weighted by Crippen LogP contribution is 2.37. The van der Waals surface area contributed by atoms with Gasteiger partial charge in [0, 0.05) is 12.1 Å². The van der Waals surface area contributed by atoms with Gasteiger partial charge in [0.25, 0.3) is 0 Å². The minimum atomic E-state index is -3.49. The Morgan fingerprint density at radius 3 is 2.50 bits per heavy atom. The molecule has 0 aliphatic rings. The molecule has 0 saturated carbocycles. The number of fused-ring (bicyclic) bond motifs is 1. The first-order valence-corrected chi connectivity index (χ1v) is 9.45. The van der Waals surface area contributed by atoms with E-state index in [1.165, 1.54) is 12.1 Å². The second-order valence-electron chi connectivity index (χ2n) is 4.86. The van der Waals surface area contributed by atoms with Gasteiger partial charge in [-0.15, -0.1) is 0 Å². The number of hydrogen-bond donors (Lipinski definition) is 1. The summed E-state index contributed by atoms with van der Waals surface area (Å²) in [6.07, 6.45) is 1.01. The fourth-order valence-corrected chi connectivity index (χ4v) is 2.92. The van der Waals surface area contributed by atoms with Crippen molar-refractivity contribution in [1.29, 1.82) is 0 Å². The Morgan fingerprint density at radius 1 is 1.08 bits per heavy atom. The number of nitrogens with one attached hydrogen (secondary N) is 1. The molecule has 1 aromatic heterocycles. The van der Waals surface area contributed by atoms with E-state index in [1.807, 2.05) is 0 Å². The molecule has 0 unspecified atom stereocenters. The Labute approximate surface area is 152 Å². The molecule has 2 aromatic carbocycles. The molecular formula is C14H9Cl3N2O4S. The number of sulfonamides is 1. The van der Waals surface area contributed by atoms with Crippen molar-refractivity contribution in [3.63, 3.8) is 0 Å². The summed E-state index contributed by atoms with van der Waals surface area (Å²) < 4.78 is 35.7. The van der Waals surface area contributed by atoms with Crippen molar-refractivity contribution in [2.75, 3.05) is 11.0 Å². The number of halogens is 3. The van der Waals surface area contributed by atoms with Crippen LogP contribution in [-0.4, -0.2) is 19.8 Å². The van der Waals surface area contributed by atoms with Gasteiger partial charge >= 0.3 is 0 Å². The molecule has 1 heterocycles. The molecule has 0 bridgehead atoms. The van der Waals surface area contributed by atoms with Crippen LogP contribution in [0.1, 0.15) is 0 Å². The van der Waals surface area contributed by atoms with Crippen LogP contribution in [0, 0.1) is 0 Å². The monoisotopic (exact) mass is 406 g/mol. The molecule has 3 rings (SSSR count). The summed E-state index contributed by atoms with van der Waals surface area (Å²) in [5.74, 6) is 0.778. The quantitative estimate of drug-likeness (QED) is 0.661. The smallest absolute Gasteiger partial charge is 0.231 e. The first-order valence-electron chi connectivity index (χ1n) is 6.42. The van der Waals surface area contributed by atoms with Crippen molar-refractivity contribution in [3.8, 4) is 11.5 Å². The number of anilines is 1. The standard InChI is InChI=1S/C14H9Cl3N2O4S/c1-24(20,21)19-14-8-5-11(17)13(6-12(8)23-18-14)22-7-2-3-9(15)10(16)4-7/h2-6H,1H3,(H,18,19). The first kappa shape index (κ1) is 17.2. The molecule has 0 saturated heterocycles. The molecule has 3 aromatic rings. The van der Waals surface area contributed by atoms with Crippen molar-refractivity contribution >= 4 is 61.6 Å². The Hall–Kier alpha value is -1.67. The summed E-state index contributed by atoms with van der Waals surface area (Å²) in [6.45, 7) is 0. The summed E-state index contributed by atoms with van der Waals surface area (Å²) in [5.41, 5.74) is 0.306. The molecule has 0 aliphatic carbocycles. The average Bonchev–Trinajstić information content (AvgIpc) is 2.84. The first-order chi connectivity index (χ1) is 11.2. The SMILES string of the molecule is CS(=O)(=O)Nc1noc2cc(Oc3ccc(Cl)c(Cl)c3)c(Cl)cc12. The number of ether oxygens (including phenoxy) is 1. The lowest BCUT2D eigenvalue weighted by Crippen LogP contribution is -2.09. The van der Waals surface area contributed by atoms with Crippen LogP contribution in [0.2, 0.25) is 15.1 Å². The molecule has 0 fully saturated rings. The zero-order valence-electron chi connectivity index (χ0n) is 12.0. The Morgan fingerprint density at radius 2 is 1.83 bits per heavy atom. The Bertz CT molecular complexity index is 1030. The fraction of sp³-hybridized carbons (Fsp3) is 0.0714. The second-order valence-corrected chi connectivity index (χ2v) is 7.83. The molecule has 0 aliphatic heterocycles. The summed E-state index contributed by atoms with van der Waals surface area (Å²) >= 11 is 18.0. The van der Waals surface area contributed by atoms with Gasteiger partial charge in [-0.25, -0.2) is 8.42 Å². The molecule has 10 heteroatoms. The van der Waals surface area contributed by atoms with Crippen LogP contribution in [0.15, 0.2) is 34.9 Å². The number of aromatic nitrogens is 1. The molecule has 6 nitrogen and oxygen atoms in total. The summed E-state index contributed by atoms with van der Waals surface area (Å²) in [5, 5.41) is 5.07. The van der Waals surface area contributed by atoms with Crippen LogP contribution in [0.4, 0.5) is 5.82 Å². The normalized spacial score (nSPS) is 11.7. The third kappa shape index (κ3) is 3.70. The zero-order chi connectivity index (χ0) is 17.5.